The molecule has 188 valence electrons. The zero-order chi connectivity index (χ0) is 25.9. The number of unbranched alkanes of at least 4 members (excludes halogenated alkanes) is 1. The maximum atomic E-state index is 12.7. The molecule has 9 heteroatoms. The van der Waals surface area contributed by atoms with Crippen LogP contribution in [0.5, 0.6) is 23.0 Å². The average Bonchev–Trinajstić information content (AvgIpc) is 2.90. The van der Waals surface area contributed by atoms with E-state index >= 15 is 0 Å². The summed E-state index contributed by atoms with van der Waals surface area (Å²) in [5.74, 6) is 0.916. The van der Waals surface area contributed by atoms with Gasteiger partial charge in [-0.2, -0.15) is 5.10 Å². The lowest BCUT2D eigenvalue weighted by molar-refractivity contribution is 0.0733. The molecular weight excluding hydrogens is 528 g/mol. The Morgan fingerprint density at radius 2 is 1.61 bits per heavy atom. The number of benzene rings is 3. The van der Waals surface area contributed by atoms with E-state index in [1.165, 1.54) is 26.5 Å². The lowest BCUT2D eigenvalue weighted by Gasteiger charge is -2.11. The van der Waals surface area contributed by atoms with Gasteiger partial charge < -0.3 is 18.9 Å². The summed E-state index contributed by atoms with van der Waals surface area (Å²) < 4.78 is 22.4. The highest BCUT2D eigenvalue weighted by Gasteiger charge is 2.15. The molecule has 8 nitrogen and oxygen atoms in total. The van der Waals surface area contributed by atoms with Gasteiger partial charge in [-0.15, -0.1) is 0 Å². The molecule has 1 amide bonds. The number of rotatable bonds is 11. The van der Waals surface area contributed by atoms with E-state index in [4.69, 9.17) is 18.9 Å². The summed E-state index contributed by atoms with van der Waals surface area (Å²) in [4.78, 5) is 25.2. The van der Waals surface area contributed by atoms with Gasteiger partial charge in [-0.1, -0.05) is 29.3 Å². The van der Waals surface area contributed by atoms with Gasteiger partial charge in [0.2, 0.25) is 0 Å². The third kappa shape index (κ3) is 7.32. The van der Waals surface area contributed by atoms with Crippen molar-refractivity contribution in [2.75, 3.05) is 20.8 Å². The molecule has 0 aliphatic heterocycles. The first-order valence-electron chi connectivity index (χ1n) is 11.2. The number of nitrogens with one attached hydrogen (secondary N) is 1. The van der Waals surface area contributed by atoms with Crippen LogP contribution >= 0.6 is 15.9 Å². The number of carbonyl (C=O) groups is 2. The molecule has 3 aromatic rings. The van der Waals surface area contributed by atoms with Crippen LogP contribution in [0.25, 0.3) is 0 Å². The van der Waals surface area contributed by atoms with Crippen LogP contribution in [0.2, 0.25) is 0 Å². The highest BCUT2D eigenvalue weighted by Crippen LogP contribution is 2.29. The van der Waals surface area contributed by atoms with Crippen LogP contribution in [-0.2, 0) is 0 Å². The van der Waals surface area contributed by atoms with Crippen molar-refractivity contribution in [2.45, 2.75) is 19.8 Å². The molecular formula is C27H27BrN2O6. The van der Waals surface area contributed by atoms with Crippen molar-refractivity contribution < 1.29 is 28.5 Å². The minimum absolute atomic E-state index is 0.268. The lowest BCUT2D eigenvalue weighted by Crippen LogP contribution is -2.17. The van der Waals surface area contributed by atoms with Crippen LogP contribution in [0.15, 0.2) is 70.2 Å². The number of amides is 1. The van der Waals surface area contributed by atoms with Crippen molar-refractivity contribution in [1.82, 2.24) is 5.43 Å². The highest BCUT2D eigenvalue weighted by atomic mass is 79.9. The Kier molecular flexibility index (Phi) is 9.88. The summed E-state index contributed by atoms with van der Waals surface area (Å²) in [7, 11) is 3.00. The Bertz CT molecular complexity index is 1230. The van der Waals surface area contributed by atoms with Gasteiger partial charge in [-0.25, -0.2) is 10.2 Å². The third-order valence-corrected chi connectivity index (χ3v) is 5.54. The van der Waals surface area contributed by atoms with Crippen molar-refractivity contribution in [2.24, 2.45) is 5.10 Å². The molecule has 0 aliphatic rings. The number of methoxy groups -OCH3 is 2. The molecule has 3 aromatic carbocycles. The minimum atomic E-state index is -0.585. The second kappa shape index (κ2) is 13.3. The van der Waals surface area contributed by atoms with Crippen molar-refractivity contribution >= 4 is 34.0 Å². The molecule has 0 saturated heterocycles. The van der Waals surface area contributed by atoms with Gasteiger partial charge in [0.1, 0.15) is 11.5 Å². The zero-order valence-electron chi connectivity index (χ0n) is 20.2. The second-order valence-electron chi connectivity index (χ2n) is 7.57. The molecule has 0 bridgehead atoms. The maximum absolute atomic E-state index is 12.7. The zero-order valence-corrected chi connectivity index (χ0v) is 21.8. The van der Waals surface area contributed by atoms with Gasteiger partial charge in [0, 0.05) is 15.6 Å². The molecule has 0 fully saturated rings. The Morgan fingerprint density at radius 1 is 0.917 bits per heavy atom. The summed E-state index contributed by atoms with van der Waals surface area (Å²) >= 11 is 3.40. The number of hydrogen-bond acceptors (Lipinski definition) is 7. The van der Waals surface area contributed by atoms with Crippen LogP contribution in [0.3, 0.4) is 0 Å². The fourth-order valence-corrected chi connectivity index (χ4v) is 3.48. The first-order chi connectivity index (χ1) is 17.4. The van der Waals surface area contributed by atoms with E-state index < -0.39 is 5.97 Å². The van der Waals surface area contributed by atoms with Crippen LogP contribution < -0.4 is 24.4 Å². The summed E-state index contributed by atoms with van der Waals surface area (Å²) in [6.45, 7) is 2.73. The van der Waals surface area contributed by atoms with Gasteiger partial charge in [-0.3, -0.25) is 4.79 Å². The van der Waals surface area contributed by atoms with E-state index in [2.05, 4.69) is 33.4 Å². The standard InChI is InChI=1S/C27H27BrN2O6/c1-4-5-14-35-22-10-6-18(7-11-22)26(31)30-29-17-20-15-21(28)9-13-23(20)36-27(32)19-8-12-24(33-2)25(16-19)34-3/h6-13,15-17H,4-5,14H2,1-3H3,(H,30,31). The van der Waals surface area contributed by atoms with Crippen molar-refractivity contribution in [3.8, 4) is 23.0 Å². The Hall–Kier alpha value is -3.85. The molecule has 3 rings (SSSR count). The van der Waals surface area contributed by atoms with Crippen molar-refractivity contribution in [1.29, 1.82) is 0 Å². The Morgan fingerprint density at radius 3 is 2.31 bits per heavy atom. The van der Waals surface area contributed by atoms with E-state index in [1.54, 1.807) is 54.6 Å². The normalized spacial score (nSPS) is 10.7. The van der Waals surface area contributed by atoms with E-state index in [0.717, 1.165) is 17.3 Å². The van der Waals surface area contributed by atoms with Crippen LogP contribution in [0.1, 0.15) is 46.0 Å². The number of carbonyl (C=O) groups excluding carboxylic acids is 2. The molecule has 1 N–H and O–H groups in total. The molecule has 0 heterocycles. The molecule has 0 radical (unpaired) electrons. The van der Waals surface area contributed by atoms with Gasteiger partial charge in [0.05, 0.1) is 32.6 Å². The van der Waals surface area contributed by atoms with Gasteiger partial charge in [0.25, 0.3) is 5.91 Å². The fourth-order valence-electron chi connectivity index (χ4n) is 3.10. The van der Waals surface area contributed by atoms with E-state index in [-0.39, 0.29) is 17.2 Å². The predicted molar refractivity (Wildman–Crippen MR) is 141 cm³/mol. The van der Waals surface area contributed by atoms with E-state index in [0.29, 0.717) is 35.0 Å². The summed E-state index contributed by atoms with van der Waals surface area (Å²) in [6, 6.07) is 16.6. The topological polar surface area (TPSA) is 95.5 Å². The van der Waals surface area contributed by atoms with Crippen molar-refractivity contribution in [3.05, 3.63) is 81.8 Å². The monoisotopic (exact) mass is 554 g/mol. The first kappa shape index (κ1) is 26.7. The SMILES string of the molecule is CCCCOc1ccc(C(=O)NN=Cc2cc(Br)ccc2OC(=O)c2ccc(OC)c(OC)c2)cc1. The minimum Gasteiger partial charge on any atom is -0.494 e. The number of halogens is 1. The molecule has 0 aromatic heterocycles. The number of ether oxygens (including phenoxy) is 4. The second-order valence-corrected chi connectivity index (χ2v) is 8.48. The van der Waals surface area contributed by atoms with Gasteiger partial charge in [-0.05, 0) is 67.1 Å². The number of hydrazone groups is 1. The van der Waals surface area contributed by atoms with E-state index in [1.807, 2.05) is 0 Å². The highest BCUT2D eigenvalue weighted by molar-refractivity contribution is 9.10. The summed E-state index contributed by atoms with van der Waals surface area (Å²) in [5, 5.41) is 4.03. The molecule has 0 aliphatic carbocycles. The van der Waals surface area contributed by atoms with E-state index in [9.17, 15) is 9.59 Å². The maximum Gasteiger partial charge on any atom is 0.343 e. The summed E-state index contributed by atoms with van der Waals surface area (Å²) in [5.41, 5.74) is 3.69. The molecule has 0 spiro atoms. The molecule has 0 atom stereocenters. The summed E-state index contributed by atoms with van der Waals surface area (Å²) in [6.07, 6.45) is 3.42. The van der Waals surface area contributed by atoms with Crippen LogP contribution in [0, 0.1) is 0 Å². The largest absolute Gasteiger partial charge is 0.494 e. The van der Waals surface area contributed by atoms with Gasteiger partial charge in [0.15, 0.2) is 11.5 Å². The lowest BCUT2D eigenvalue weighted by atomic mass is 10.2. The van der Waals surface area contributed by atoms with Crippen LogP contribution in [0.4, 0.5) is 0 Å². The van der Waals surface area contributed by atoms with Crippen molar-refractivity contribution in [3.63, 3.8) is 0 Å². The number of hydrogen-bond donors (Lipinski definition) is 1. The first-order valence-corrected chi connectivity index (χ1v) is 12.0. The molecule has 0 saturated carbocycles. The molecule has 36 heavy (non-hydrogen) atoms. The smallest absolute Gasteiger partial charge is 0.343 e. The Balaban J connectivity index is 1.67. The number of nitrogens with zero attached hydrogens (tertiary/aromatic N) is 1. The molecule has 0 unspecified atom stereocenters. The Labute approximate surface area is 218 Å². The van der Waals surface area contributed by atoms with Crippen LogP contribution in [-0.4, -0.2) is 38.9 Å². The number of esters is 1. The van der Waals surface area contributed by atoms with Gasteiger partial charge >= 0.3 is 5.97 Å². The third-order valence-electron chi connectivity index (χ3n) is 5.05. The predicted octanol–water partition coefficient (Wildman–Crippen LogP) is 5.63. The fraction of sp³-hybridized carbons (Fsp3) is 0.222. The average molecular weight is 555 g/mol. The quantitative estimate of drug-likeness (QED) is 0.108.